The van der Waals surface area contributed by atoms with Gasteiger partial charge in [0.1, 0.15) is 0 Å². The van der Waals surface area contributed by atoms with Crippen molar-refractivity contribution in [3.8, 4) is 0 Å². The fraction of sp³-hybridized carbons (Fsp3) is 0.417. The van der Waals surface area contributed by atoms with Crippen LogP contribution in [0.2, 0.25) is 0 Å². The van der Waals surface area contributed by atoms with Crippen LogP contribution in [0.25, 0.3) is 0 Å². The summed E-state index contributed by atoms with van der Waals surface area (Å²) in [7, 11) is -3.49. The first-order chi connectivity index (χ1) is 7.75. The van der Waals surface area contributed by atoms with Crippen LogP contribution in [-0.2, 0) is 14.6 Å². The molecule has 3 nitrogen and oxygen atoms in total. The molecule has 1 atom stereocenters. The summed E-state index contributed by atoms with van der Waals surface area (Å²) < 4.78 is 24.4. The molecule has 0 aliphatic heterocycles. The van der Waals surface area contributed by atoms with E-state index in [2.05, 4.69) is 0 Å². The van der Waals surface area contributed by atoms with E-state index in [1.807, 2.05) is 13.0 Å². The molecule has 0 radical (unpaired) electrons. The van der Waals surface area contributed by atoms with Gasteiger partial charge in [0.15, 0.2) is 9.84 Å². The first kappa shape index (κ1) is 14.2. The van der Waals surface area contributed by atoms with Crippen LogP contribution in [0.15, 0.2) is 23.1 Å². The highest BCUT2D eigenvalue weighted by molar-refractivity contribution is 7.92. The van der Waals surface area contributed by atoms with Crippen LogP contribution in [0.4, 0.5) is 0 Å². The van der Waals surface area contributed by atoms with Crippen molar-refractivity contribution >= 4 is 26.7 Å². The average Bonchev–Trinajstić information content (AvgIpc) is 2.15. The number of hydrogen-bond donors (Lipinski definition) is 0. The van der Waals surface area contributed by atoms with Crippen LogP contribution in [0.1, 0.15) is 24.5 Å². The molecule has 1 aromatic rings. The van der Waals surface area contributed by atoms with Gasteiger partial charge in [0.25, 0.3) is 0 Å². The summed E-state index contributed by atoms with van der Waals surface area (Å²) in [4.78, 5) is 11.0. The number of halogens is 1. The Morgan fingerprint density at radius 2 is 1.94 bits per heavy atom. The molecule has 0 amide bonds. The third-order valence-electron chi connectivity index (χ3n) is 2.61. The van der Waals surface area contributed by atoms with Crippen LogP contribution >= 0.6 is 11.6 Å². The highest BCUT2D eigenvalue weighted by Gasteiger charge is 2.26. The topological polar surface area (TPSA) is 51.2 Å². The molecule has 0 saturated heterocycles. The monoisotopic (exact) mass is 274 g/mol. The number of aryl methyl sites for hydroxylation is 2. The van der Waals surface area contributed by atoms with Gasteiger partial charge < -0.3 is 0 Å². The summed E-state index contributed by atoms with van der Waals surface area (Å²) in [5.41, 5.74) is 1.70. The number of hydrogen-bond acceptors (Lipinski definition) is 3. The number of sulfone groups is 1. The Labute approximate surface area is 107 Å². The molecule has 5 heteroatoms. The smallest absolute Gasteiger partial charge is 0.222 e. The number of carbonyl (C=O) groups excluding carboxylic acids is 1. The molecule has 1 aromatic carbocycles. The zero-order valence-electron chi connectivity index (χ0n) is 10.0. The van der Waals surface area contributed by atoms with Gasteiger partial charge in [-0.25, -0.2) is 8.42 Å². The summed E-state index contributed by atoms with van der Waals surface area (Å²) in [6.45, 7) is 5.14. The molecule has 0 aliphatic rings. The lowest BCUT2D eigenvalue weighted by Crippen LogP contribution is -2.20. The maximum atomic E-state index is 12.2. The van der Waals surface area contributed by atoms with Gasteiger partial charge in [-0.15, -0.1) is 0 Å². The van der Waals surface area contributed by atoms with Crippen molar-refractivity contribution in [1.82, 2.24) is 0 Å². The van der Waals surface area contributed by atoms with E-state index in [9.17, 15) is 13.2 Å². The van der Waals surface area contributed by atoms with E-state index < -0.39 is 20.3 Å². The van der Waals surface area contributed by atoms with Gasteiger partial charge in [0, 0.05) is 6.42 Å². The van der Waals surface area contributed by atoms with E-state index in [0.29, 0.717) is 5.56 Å². The predicted molar refractivity (Wildman–Crippen MR) is 68.0 cm³/mol. The van der Waals surface area contributed by atoms with Crippen LogP contribution in [0.5, 0.6) is 0 Å². The summed E-state index contributed by atoms with van der Waals surface area (Å²) in [6, 6.07) is 5.13. The summed E-state index contributed by atoms with van der Waals surface area (Å²) in [6.07, 6.45) is -0.169. The molecule has 0 aliphatic carbocycles. The van der Waals surface area contributed by atoms with E-state index in [1.54, 1.807) is 19.1 Å². The third kappa shape index (κ3) is 3.30. The zero-order chi connectivity index (χ0) is 13.2. The van der Waals surface area contributed by atoms with Crippen LogP contribution in [0, 0.1) is 13.8 Å². The maximum Gasteiger partial charge on any atom is 0.222 e. The van der Waals surface area contributed by atoms with Crippen molar-refractivity contribution in [3.63, 3.8) is 0 Å². The van der Waals surface area contributed by atoms with Crippen LogP contribution < -0.4 is 0 Å². The fourth-order valence-corrected chi connectivity index (χ4v) is 3.56. The van der Waals surface area contributed by atoms with Gasteiger partial charge in [-0.05, 0) is 44.0 Å². The van der Waals surface area contributed by atoms with Gasteiger partial charge in [-0.3, -0.25) is 4.79 Å². The Morgan fingerprint density at radius 1 is 1.35 bits per heavy atom. The fourth-order valence-electron chi connectivity index (χ4n) is 1.67. The Morgan fingerprint density at radius 3 is 2.41 bits per heavy atom. The predicted octanol–water partition coefficient (Wildman–Crippen LogP) is 2.62. The molecule has 1 rings (SSSR count). The van der Waals surface area contributed by atoms with E-state index in [-0.39, 0.29) is 11.3 Å². The normalized spacial score (nSPS) is 13.4. The van der Waals surface area contributed by atoms with Crippen molar-refractivity contribution in [3.05, 3.63) is 29.3 Å². The van der Waals surface area contributed by atoms with Gasteiger partial charge in [0.05, 0.1) is 10.1 Å². The van der Waals surface area contributed by atoms with Gasteiger partial charge in [0.2, 0.25) is 5.24 Å². The van der Waals surface area contributed by atoms with Crippen molar-refractivity contribution in [2.45, 2.75) is 37.3 Å². The second kappa shape index (κ2) is 5.19. The van der Waals surface area contributed by atoms with Crippen LogP contribution in [0.3, 0.4) is 0 Å². The molecule has 0 spiro atoms. The lowest BCUT2D eigenvalue weighted by molar-refractivity contribution is -0.111. The van der Waals surface area contributed by atoms with Crippen molar-refractivity contribution in [2.75, 3.05) is 0 Å². The highest BCUT2D eigenvalue weighted by atomic mass is 35.5. The summed E-state index contributed by atoms with van der Waals surface area (Å²) in [5.74, 6) is 0. The Balaban J connectivity index is 3.17. The SMILES string of the molecule is Cc1ccc(S(=O)(=O)C(C)CC(=O)Cl)c(C)c1. The summed E-state index contributed by atoms with van der Waals surface area (Å²) >= 11 is 5.23. The minimum absolute atomic E-state index is 0.169. The molecular formula is C12H15ClO3S. The number of rotatable bonds is 4. The van der Waals surface area contributed by atoms with Crippen molar-refractivity contribution in [2.24, 2.45) is 0 Å². The van der Waals surface area contributed by atoms with Crippen molar-refractivity contribution in [1.29, 1.82) is 0 Å². The first-order valence-corrected chi connectivity index (χ1v) is 7.17. The Bertz CT molecular complexity index is 535. The van der Waals surface area contributed by atoms with E-state index in [1.165, 1.54) is 6.92 Å². The number of carbonyl (C=O) groups is 1. The van der Waals surface area contributed by atoms with Gasteiger partial charge >= 0.3 is 0 Å². The lowest BCUT2D eigenvalue weighted by Gasteiger charge is -2.13. The van der Waals surface area contributed by atoms with E-state index in [0.717, 1.165) is 5.56 Å². The minimum Gasteiger partial charge on any atom is -0.281 e. The molecule has 0 heterocycles. The minimum atomic E-state index is -3.49. The van der Waals surface area contributed by atoms with Gasteiger partial charge in [-0.2, -0.15) is 0 Å². The largest absolute Gasteiger partial charge is 0.281 e. The second-order valence-corrected chi connectivity index (χ2v) is 6.94. The maximum absolute atomic E-state index is 12.2. The molecular weight excluding hydrogens is 260 g/mol. The van der Waals surface area contributed by atoms with Crippen LogP contribution in [-0.4, -0.2) is 18.9 Å². The molecule has 1 unspecified atom stereocenters. The lowest BCUT2D eigenvalue weighted by atomic mass is 10.2. The summed E-state index contributed by atoms with van der Waals surface area (Å²) in [5, 5.41) is -1.43. The molecule has 94 valence electrons. The highest BCUT2D eigenvalue weighted by Crippen LogP contribution is 2.23. The standard InChI is InChI=1S/C12H15ClO3S/c1-8-4-5-11(9(2)6-8)17(15,16)10(3)7-12(13)14/h4-6,10H,7H2,1-3H3. The Kier molecular flexibility index (Phi) is 4.33. The molecule has 0 saturated carbocycles. The molecule has 0 N–H and O–H groups in total. The molecule has 0 fully saturated rings. The molecule has 0 bridgehead atoms. The third-order valence-corrected chi connectivity index (χ3v) is 5.07. The van der Waals surface area contributed by atoms with E-state index in [4.69, 9.17) is 11.6 Å². The second-order valence-electron chi connectivity index (χ2n) is 4.18. The molecule has 17 heavy (non-hydrogen) atoms. The molecule has 0 aromatic heterocycles. The van der Waals surface area contributed by atoms with E-state index >= 15 is 0 Å². The van der Waals surface area contributed by atoms with Gasteiger partial charge in [-0.1, -0.05) is 17.7 Å². The Hall–Kier alpha value is -0.870. The quantitative estimate of drug-likeness (QED) is 0.793. The number of benzene rings is 1. The average molecular weight is 275 g/mol. The zero-order valence-corrected chi connectivity index (χ0v) is 11.6. The first-order valence-electron chi connectivity index (χ1n) is 5.24. The van der Waals surface area contributed by atoms with Crippen molar-refractivity contribution < 1.29 is 13.2 Å².